The molecule has 0 fully saturated rings. The standard InChI is InChI=1S/C12H13FN4O2/c1-7-3-9(5-10(13)4-7)11-14-15-16-17(11)6-8(2)12(18)19/h3-5,8H,6H2,1-2H3,(H,18,19). The smallest absolute Gasteiger partial charge is 0.308 e. The van der Waals surface area contributed by atoms with Crippen molar-refractivity contribution in [3.63, 3.8) is 0 Å². The molecule has 1 N–H and O–H groups in total. The van der Waals surface area contributed by atoms with Gasteiger partial charge >= 0.3 is 5.97 Å². The molecule has 6 nitrogen and oxygen atoms in total. The number of rotatable bonds is 4. The molecule has 0 aliphatic carbocycles. The number of carbonyl (C=O) groups is 1. The van der Waals surface area contributed by atoms with E-state index in [1.165, 1.54) is 16.8 Å². The first-order valence-corrected chi connectivity index (χ1v) is 5.74. The molecule has 0 spiro atoms. The molecule has 0 saturated carbocycles. The van der Waals surface area contributed by atoms with Gasteiger partial charge in [0, 0.05) is 5.56 Å². The Morgan fingerprint density at radius 1 is 1.47 bits per heavy atom. The van der Waals surface area contributed by atoms with Crippen molar-refractivity contribution < 1.29 is 14.3 Å². The average Bonchev–Trinajstić information content (AvgIpc) is 2.75. The minimum absolute atomic E-state index is 0.132. The summed E-state index contributed by atoms with van der Waals surface area (Å²) in [5.41, 5.74) is 1.27. The molecule has 7 heteroatoms. The van der Waals surface area contributed by atoms with Gasteiger partial charge < -0.3 is 5.11 Å². The van der Waals surface area contributed by atoms with Crippen LogP contribution in [0.4, 0.5) is 4.39 Å². The summed E-state index contributed by atoms with van der Waals surface area (Å²) >= 11 is 0. The Hall–Kier alpha value is -2.31. The molecule has 100 valence electrons. The van der Waals surface area contributed by atoms with E-state index >= 15 is 0 Å². The number of carboxylic acid groups (broad SMARTS) is 1. The average molecular weight is 264 g/mol. The maximum atomic E-state index is 13.4. The number of aliphatic carboxylic acids is 1. The van der Waals surface area contributed by atoms with E-state index in [1.54, 1.807) is 19.9 Å². The van der Waals surface area contributed by atoms with E-state index < -0.39 is 11.9 Å². The van der Waals surface area contributed by atoms with E-state index in [1.807, 2.05) is 0 Å². The van der Waals surface area contributed by atoms with Crippen molar-refractivity contribution in [2.75, 3.05) is 0 Å². The highest BCUT2D eigenvalue weighted by Gasteiger charge is 2.17. The van der Waals surface area contributed by atoms with Crippen LogP contribution in [0.25, 0.3) is 11.4 Å². The quantitative estimate of drug-likeness (QED) is 0.905. The van der Waals surface area contributed by atoms with Gasteiger partial charge in [-0.15, -0.1) is 5.10 Å². The van der Waals surface area contributed by atoms with Crippen molar-refractivity contribution in [1.82, 2.24) is 20.2 Å². The van der Waals surface area contributed by atoms with E-state index in [9.17, 15) is 9.18 Å². The minimum Gasteiger partial charge on any atom is -0.481 e. The van der Waals surface area contributed by atoms with Gasteiger partial charge in [-0.2, -0.15) is 0 Å². The summed E-state index contributed by atoms with van der Waals surface area (Å²) in [5, 5.41) is 20.0. The van der Waals surface area contributed by atoms with Crippen molar-refractivity contribution in [1.29, 1.82) is 0 Å². The molecule has 1 atom stereocenters. The normalized spacial score (nSPS) is 12.4. The number of hydrogen-bond donors (Lipinski definition) is 1. The number of halogens is 1. The Kier molecular flexibility index (Phi) is 3.55. The fourth-order valence-electron chi connectivity index (χ4n) is 1.74. The first kappa shape index (κ1) is 13.1. The third kappa shape index (κ3) is 2.93. The van der Waals surface area contributed by atoms with E-state index in [-0.39, 0.29) is 12.4 Å². The Morgan fingerprint density at radius 3 is 2.84 bits per heavy atom. The zero-order valence-electron chi connectivity index (χ0n) is 10.5. The van der Waals surface area contributed by atoms with Crippen molar-refractivity contribution in [2.24, 2.45) is 5.92 Å². The van der Waals surface area contributed by atoms with Crippen molar-refractivity contribution in [3.05, 3.63) is 29.6 Å². The Morgan fingerprint density at radius 2 is 2.21 bits per heavy atom. The van der Waals surface area contributed by atoms with Gasteiger partial charge in [0.1, 0.15) is 5.82 Å². The van der Waals surface area contributed by atoms with Crippen molar-refractivity contribution >= 4 is 5.97 Å². The van der Waals surface area contributed by atoms with Crippen molar-refractivity contribution in [2.45, 2.75) is 20.4 Å². The molecular formula is C12H13FN4O2. The SMILES string of the molecule is Cc1cc(F)cc(-c2nnnn2CC(C)C(=O)O)c1. The number of aromatic nitrogens is 4. The van der Waals surface area contributed by atoms with Crippen LogP contribution >= 0.6 is 0 Å². The van der Waals surface area contributed by atoms with Gasteiger partial charge in [0.15, 0.2) is 5.82 Å². The second-order valence-corrected chi connectivity index (χ2v) is 4.44. The molecule has 1 aromatic carbocycles. The summed E-state index contributed by atoms with van der Waals surface area (Å²) in [6, 6.07) is 4.47. The van der Waals surface area contributed by atoms with Crippen LogP contribution in [0.1, 0.15) is 12.5 Å². The Bertz CT molecular complexity index is 591. The lowest BCUT2D eigenvalue weighted by Gasteiger charge is -2.08. The highest BCUT2D eigenvalue weighted by atomic mass is 19.1. The molecule has 0 aliphatic rings. The number of hydrogen-bond acceptors (Lipinski definition) is 4. The number of benzene rings is 1. The van der Waals surface area contributed by atoms with Gasteiger partial charge in [-0.1, -0.05) is 6.92 Å². The van der Waals surface area contributed by atoms with Gasteiger partial charge in [-0.05, 0) is 41.1 Å². The van der Waals surface area contributed by atoms with Crippen molar-refractivity contribution in [3.8, 4) is 11.4 Å². The molecule has 2 rings (SSSR count). The second-order valence-electron chi connectivity index (χ2n) is 4.44. The van der Waals surface area contributed by atoms with Gasteiger partial charge in [0.05, 0.1) is 12.5 Å². The van der Waals surface area contributed by atoms with Gasteiger partial charge in [-0.25, -0.2) is 9.07 Å². The van der Waals surface area contributed by atoms with Crippen LogP contribution in [-0.2, 0) is 11.3 Å². The fraction of sp³-hybridized carbons (Fsp3) is 0.333. The lowest BCUT2D eigenvalue weighted by molar-refractivity contribution is -0.141. The zero-order valence-corrected chi connectivity index (χ0v) is 10.5. The molecule has 2 aromatic rings. The van der Waals surface area contributed by atoms with E-state index in [2.05, 4.69) is 15.5 Å². The summed E-state index contributed by atoms with van der Waals surface area (Å²) in [6.07, 6.45) is 0. The summed E-state index contributed by atoms with van der Waals surface area (Å²) in [5.74, 6) is -1.58. The molecule has 0 bridgehead atoms. The van der Waals surface area contributed by atoms with Gasteiger partial charge in [-0.3, -0.25) is 4.79 Å². The predicted molar refractivity (Wildman–Crippen MR) is 64.7 cm³/mol. The molecule has 1 heterocycles. The third-order valence-corrected chi connectivity index (χ3v) is 2.70. The first-order valence-electron chi connectivity index (χ1n) is 5.74. The minimum atomic E-state index is -0.933. The van der Waals surface area contributed by atoms with Crippen LogP contribution in [0.2, 0.25) is 0 Å². The largest absolute Gasteiger partial charge is 0.481 e. The third-order valence-electron chi connectivity index (χ3n) is 2.70. The van der Waals surface area contributed by atoms with Crippen LogP contribution < -0.4 is 0 Å². The first-order chi connectivity index (χ1) is 8.97. The molecular weight excluding hydrogens is 251 g/mol. The number of tetrazole rings is 1. The number of nitrogens with zero attached hydrogens (tertiary/aromatic N) is 4. The molecule has 19 heavy (non-hydrogen) atoms. The zero-order chi connectivity index (χ0) is 14.0. The molecule has 0 radical (unpaired) electrons. The lowest BCUT2D eigenvalue weighted by atomic mass is 10.1. The summed E-state index contributed by atoms with van der Waals surface area (Å²) in [6.45, 7) is 3.46. The van der Waals surface area contributed by atoms with Gasteiger partial charge in [0.25, 0.3) is 0 Å². The summed E-state index contributed by atoms with van der Waals surface area (Å²) in [4.78, 5) is 10.8. The van der Waals surface area contributed by atoms with E-state index in [0.29, 0.717) is 11.4 Å². The van der Waals surface area contributed by atoms with Crippen LogP contribution in [-0.4, -0.2) is 31.3 Å². The Labute approximate surface area is 108 Å². The molecule has 0 aliphatic heterocycles. The molecule has 1 aromatic heterocycles. The number of carboxylic acids is 1. The van der Waals surface area contributed by atoms with Crippen LogP contribution in [0.15, 0.2) is 18.2 Å². The monoisotopic (exact) mass is 264 g/mol. The molecule has 0 amide bonds. The molecule has 1 unspecified atom stereocenters. The number of aryl methyl sites for hydroxylation is 1. The topological polar surface area (TPSA) is 80.9 Å². The van der Waals surface area contributed by atoms with Crippen LogP contribution in [0.3, 0.4) is 0 Å². The van der Waals surface area contributed by atoms with E-state index in [0.717, 1.165) is 5.56 Å². The maximum absolute atomic E-state index is 13.4. The van der Waals surface area contributed by atoms with Crippen LogP contribution in [0, 0.1) is 18.7 Å². The Balaban J connectivity index is 2.36. The van der Waals surface area contributed by atoms with Gasteiger partial charge in [0.2, 0.25) is 0 Å². The lowest BCUT2D eigenvalue weighted by Crippen LogP contribution is -2.18. The summed E-state index contributed by atoms with van der Waals surface area (Å²) < 4.78 is 14.7. The van der Waals surface area contributed by atoms with E-state index in [4.69, 9.17) is 5.11 Å². The molecule has 0 saturated heterocycles. The highest BCUT2D eigenvalue weighted by Crippen LogP contribution is 2.19. The highest BCUT2D eigenvalue weighted by molar-refractivity contribution is 5.69. The predicted octanol–water partition coefficient (Wildman–Crippen LogP) is 1.51. The second kappa shape index (κ2) is 5.13. The summed E-state index contributed by atoms with van der Waals surface area (Å²) in [7, 11) is 0. The fourth-order valence-corrected chi connectivity index (χ4v) is 1.74. The van der Waals surface area contributed by atoms with Crippen LogP contribution in [0.5, 0.6) is 0 Å². The maximum Gasteiger partial charge on any atom is 0.308 e.